The van der Waals surface area contributed by atoms with Crippen LogP contribution in [-0.4, -0.2) is 35.1 Å². The summed E-state index contributed by atoms with van der Waals surface area (Å²) in [5.41, 5.74) is 2.94. The minimum absolute atomic E-state index is 0.128. The number of rotatable bonds is 8. The molecule has 3 aromatic carbocycles. The molecule has 0 saturated heterocycles. The van der Waals surface area contributed by atoms with Gasteiger partial charge in [0.1, 0.15) is 17.9 Å². The summed E-state index contributed by atoms with van der Waals surface area (Å²) in [5.74, 6) is 0.893. The number of methoxy groups -OCH3 is 2. The van der Waals surface area contributed by atoms with E-state index in [9.17, 15) is 4.79 Å². The Morgan fingerprint density at radius 1 is 0.806 bits per heavy atom. The van der Waals surface area contributed by atoms with Crippen LogP contribution in [0.5, 0.6) is 11.5 Å². The number of aromatic nitrogens is 3. The zero-order chi connectivity index (χ0) is 25.8. The largest absolute Gasteiger partial charge is 0.493 e. The predicted octanol–water partition coefficient (Wildman–Crippen LogP) is 6.56. The maximum absolute atomic E-state index is 12.7. The number of carbonyl (C=O) groups excluding carboxylic acids is 1. The molecule has 0 atom stereocenters. The van der Waals surface area contributed by atoms with Gasteiger partial charge in [0, 0.05) is 27.7 Å². The molecule has 0 saturated carbocycles. The van der Waals surface area contributed by atoms with E-state index in [2.05, 4.69) is 15.5 Å². The first-order chi connectivity index (χ1) is 17.3. The normalized spacial score (nSPS) is 10.8. The maximum atomic E-state index is 12.7. The zero-order valence-corrected chi connectivity index (χ0v) is 22.2. The molecule has 1 N–H and O–H groups in total. The average Bonchev–Trinajstić information content (AvgIpc) is 3.25. The molecule has 0 radical (unpaired) electrons. The van der Waals surface area contributed by atoms with Crippen LogP contribution >= 0.6 is 46.4 Å². The monoisotopic (exact) mass is 564 g/mol. The quantitative estimate of drug-likeness (QED) is 0.262. The van der Waals surface area contributed by atoms with Gasteiger partial charge in [0.15, 0.2) is 11.5 Å². The topological polar surface area (TPSA) is 78.3 Å². The molecule has 36 heavy (non-hydrogen) atoms. The lowest BCUT2D eigenvalue weighted by molar-refractivity contribution is -0.122. The zero-order valence-electron chi connectivity index (χ0n) is 19.2. The summed E-state index contributed by atoms with van der Waals surface area (Å²) >= 11 is 25.0. The highest BCUT2D eigenvalue weighted by molar-refractivity contribution is 6.37. The third kappa shape index (κ3) is 5.87. The smallest absolute Gasteiger partial charge is 0.243 e. The number of nitrogens with zero attached hydrogens (tertiary/aromatic N) is 3. The summed E-state index contributed by atoms with van der Waals surface area (Å²) in [6.45, 7) is 0.156. The molecule has 0 spiro atoms. The van der Waals surface area contributed by atoms with Crippen LogP contribution in [0.3, 0.4) is 0 Å². The number of benzene rings is 3. The van der Waals surface area contributed by atoms with Crippen LogP contribution in [0, 0.1) is 0 Å². The third-order valence-electron chi connectivity index (χ3n) is 5.25. The minimum Gasteiger partial charge on any atom is -0.493 e. The van der Waals surface area contributed by atoms with Crippen molar-refractivity contribution in [2.24, 2.45) is 0 Å². The molecule has 1 amide bonds. The summed E-state index contributed by atoms with van der Waals surface area (Å²) in [6.07, 6.45) is 0. The van der Waals surface area contributed by atoms with Crippen molar-refractivity contribution in [3.8, 4) is 34.0 Å². The van der Waals surface area contributed by atoms with Gasteiger partial charge in [-0.15, -0.1) is 0 Å². The Bertz CT molecular complexity index is 1360. The summed E-state index contributed by atoms with van der Waals surface area (Å²) in [6, 6.07) is 15.5. The van der Waals surface area contributed by atoms with E-state index in [0.717, 1.165) is 5.56 Å². The Morgan fingerprint density at radius 3 is 1.86 bits per heavy atom. The van der Waals surface area contributed by atoms with E-state index in [4.69, 9.17) is 55.9 Å². The van der Waals surface area contributed by atoms with Gasteiger partial charge < -0.3 is 14.8 Å². The summed E-state index contributed by atoms with van der Waals surface area (Å²) in [5, 5.41) is 13.7. The van der Waals surface area contributed by atoms with Crippen LogP contribution in [0.4, 0.5) is 0 Å². The van der Waals surface area contributed by atoms with Crippen LogP contribution in [0.15, 0.2) is 54.6 Å². The fourth-order valence-corrected chi connectivity index (χ4v) is 4.52. The van der Waals surface area contributed by atoms with Gasteiger partial charge in [0.2, 0.25) is 5.91 Å². The predicted molar refractivity (Wildman–Crippen MR) is 142 cm³/mol. The van der Waals surface area contributed by atoms with Crippen LogP contribution in [0.25, 0.3) is 22.5 Å². The number of nitrogens with one attached hydrogen (secondary N) is 1. The van der Waals surface area contributed by atoms with Gasteiger partial charge in [-0.1, -0.05) is 52.5 Å². The van der Waals surface area contributed by atoms with E-state index >= 15 is 0 Å². The molecule has 1 aromatic heterocycles. The molecule has 11 heteroatoms. The highest BCUT2D eigenvalue weighted by Gasteiger charge is 2.21. The second-order valence-electron chi connectivity index (χ2n) is 7.64. The number of halogens is 4. The van der Waals surface area contributed by atoms with E-state index < -0.39 is 0 Å². The molecule has 7 nitrogen and oxygen atoms in total. The summed E-state index contributed by atoms with van der Waals surface area (Å²) in [7, 11) is 3.12. The van der Waals surface area contributed by atoms with Gasteiger partial charge in [-0.2, -0.15) is 15.0 Å². The number of hydrogen-bond acceptors (Lipinski definition) is 5. The van der Waals surface area contributed by atoms with Crippen LogP contribution in [0.1, 0.15) is 5.56 Å². The standard InChI is InChI=1S/C25H20Cl4N4O3/c1-35-21-8-3-14(9-22(21)36-2)12-30-23(34)13-33-31-24(17-6-4-15(26)10-19(17)28)25(32-33)18-7-5-16(27)11-20(18)29/h3-11H,12-13H2,1-2H3,(H,30,34). The molecule has 1 heterocycles. The van der Waals surface area contributed by atoms with Gasteiger partial charge in [0.25, 0.3) is 0 Å². The summed E-state index contributed by atoms with van der Waals surface area (Å²) in [4.78, 5) is 14.0. The molecule has 4 rings (SSSR count). The van der Waals surface area contributed by atoms with Crippen molar-refractivity contribution < 1.29 is 14.3 Å². The first kappa shape index (κ1) is 26.1. The molecular formula is C25H20Cl4N4O3. The van der Waals surface area contributed by atoms with E-state index in [1.54, 1.807) is 62.8 Å². The Kier molecular flexibility index (Phi) is 8.26. The van der Waals surface area contributed by atoms with Crippen molar-refractivity contribution in [2.75, 3.05) is 14.2 Å². The van der Waals surface area contributed by atoms with Crippen molar-refractivity contribution in [1.82, 2.24) is 20.3 Å². The fraction of sp³-hybridized carbons (Fsp3) is 0.160. The second kappa shape index (κ2) is 11.4. The lowest BCUT2D eigenvalue weighted by Crippen LogP contribution is -2.28. The van der Waals surface area contributed by atoms with Crippen LogP contribution < -0.4 is 14.8 Å². The maximum Gasteiger partial charge on any atom is 0.243 e. The molecule has 0 bridgehead atoms. The number of amides is 1. The molecule has 0 aliphatic rings. The Balaban J connectivity index is 1.60. The van der Waals surface area contributed by atoms with E-state index in [0.29, 0.717) is 54.1 Å². The van der Waals surface area contributed by atoms with Crippen molar-refractivity contribution in [2.45, 2.75) is 13.1 Å². The number of ether oxygens (including phenoxy) is 2. The van der Waals surface area contributed by atoms with Crippen molar-refractivity contribution in [3.05, 3.63) is 80.3 Å². The molecule has 4 aromatic rings. The van der Waals surface area contributed by atoms with Crippen LogP contribution in [0.2, 0.25) is 20.1 Å². The highest BCUT2D eigenvalue weighted by Crippen LogP contribution is 2.38. The number of carbonyl (C=O) groups is 1. The van der Waals surface area contributed by atoms with E-state index in [1.165, 1.54) is 4.80 Å². The van der Waals surface area contributed by atoms with Crippen molar-refractivity contribution >= 4 is 52.3 Å². The Labute approximate surface area is 227 Å². The third-order valence-corrected chi connectivity index (χ3v) is 6.35. The number of hydrogen-bond donors (Lipinski definition) is 1. The van der Waals surface area contributed by atoms with Gasteiger partial charge in [-0.05, 0) is 54.1 Å². The van der Waals surface area contributed by atoms with Gasteiger partial charge in [-0.3, -0.25) is 4.79 Å². The Morgan fingerprint density at radius 2 is 1.36 bits per heavy atom. The molecular weight excluding hydrogens is 546 g/mol. The second-order valence-corrected chi connectivity index (χ2v) is 9.33. The van der Waals surface area contributed by atoms with E-state index in [-0.39, 0.29) is 19.0 Å². The first-order valence-corrected chi connectivity index (χ1v) is 12.1. The van der Waals surface area contributed by atoms with Gasteiger partial charge in [-0.25, -0.2) is 0 Å². The van der Waals surface area contributed by atoms with Crippen LogP contribution in [-0.2, 0) is 17.9 Å². The van der Waals surface area contributed by atoms with E-state index in [1.807, 2.05) is 6.07 Å². The first-order valence-electron chi connectivity index (χ1n) is 10.6. The lowest BCUT2D eigenvalue weighted by atomic mass is 10.0. The van der Waals surface area contributed by atoms with Crippen molar-refractivity contribution in [3.63, 3.8) is 0 Å². The van der Waals surface area contributed by atoms with Gasteiger partial charge >= 0.3 is 0 Å². The fourth-order valence-electron chi connectivity index (χ4n) is 3.52. The lowest BCUT2D eigenvalue weighted by Gasteiger charge is -2.10. The Hall–Kier alpha value is -2.97. The summed E-state index contributed by atoms with van der Waals surface area (Å²) < 4.78 is 10.6. The van der Waals surface area contributed by atoms with Crippen molar-refractivity contribution in [1.29, 1.82) is 0 Å². The average molecular weight is 566 g/mol. The minimum atomic E-state index is -0.290. The molecule has 186 valence electrons. The molecule has 0 fully saturated rings. The SMILES string of the molecule is COc1ccc(CNC(=O)Cn2nc(-c3ccc(Cl)cc3Cl)c(-c3ccc(Cl)cc3Cl)n2)cc1OC. The van der Waals surface area contributed by atoms with Gasteiger partial charge in [0.05, 0.1) is 24.3 Å². The molecule has 0 unspecified atom stereocenters. The highest BCUT2D eigenvalue weighted by atomic mass is 35.5. The molecule has 0 aliphatic heterocycles. The molecule has 0 aliphatic carbocycles.